The number of fused-ring (bicyclic) bond motifs is 3. The van der Waals surface area contributed by atoms with Crippen molar-refractivity contribution in [1.82, 2.24) is 15.2 Å². The van der Waals surface area contributed by atoms with Gasteiger partial charge in [-0.05, 0) is 45.2 Å². The topological polar surface area (TPSA) is 92.0 Å². The van der Waals surface area contributed by atoms with Crippen molar-refractivity contribution >= 4 is 11.6 Å². The van der Waals surface area contributed by atoms with E-state index in [9.17, 15) is 4.79 Å². The Morgan fingerprint density at radius 2 is 2.17 bits per heavy atom. The van der Waals surface area contributed by atoms with E-state index in [1.54, 1.807) is 6.20 Å². The van der Waals surface area contributed by atoms with Crippen molar-refractivity contribution < 1.29 is 14.3 Å². The summed E-state index contributed by atoms with van der Waals surface area (Å²) in [5.74, 6) is 0.531. The third-order valence-electron chi connectivity index (χ3n) is 5.16. The molecular formula is C22H26N4O3. The number of nitrogens with zero attached hydrogens (tertiary/aromatic N) is 1. The third-order valence-corrected chi connectivity index (χ3v) is 5.16. The maximum Gasteiger partial charge on any atom is 0.257 e. The Hall–Kier alpha value is -3.06. The van der Waals surface area contributed by atoms with Gasteiger partial charge < -0.3 is 19.8 Å². The minimum atomic E-state index is -0.164. The summed E-state index contributed by atoms with van der Waals surface area (Å²) >= 11 is 0. The summed E-state index contributed by atoms with van der Waals surface area (Å²) in [6.45, 7) is 5.65. The van der Waals surface area contributed by atoms with Crippen LogP contribution in [-0.4, -0.2) is 40.9 Å². The Morgan fingerprint density at radius 1 is 1.28 bits per heavy atom. The second-order valence-electron chi connectivity index (χ2n) is 7.11. The Balaban J connectivity index is 1.53. The van der Waals surface area contributed by atoms with Crippen molar-refractivity contribution in [3.63, 3.8) is 0 Å². The molecule has 0 spiro atoms. The molecule has 3 N–H and O–H groups in total. The van der Waals surface area contributed by atoms with Crippen LogP contribution in [0.25, 0.3) is 11.3 Å². The largest absolute Gasteiger partial charge is 0.491 e. The number of hydrogen-bond donors (Lipinski definition) is 3. The van der Waals surface area contributed by atoms with E-state index in [1.807, 2.05) is 38.1 Å². The molecule has 2 heterocycles. The predicted molar refractivity (Wildman–Crippen MR) is 112 cm³/mol. The van der Waals surface area contributed by atoms with Crippen LogP contribution in [0.5, 0.6) is 5.75 Å². The molecule has 1 aromatic carbocycles. The minimum Gasteiger partial charge on any atom is -0.491 e. The van der Waals surface area contributed by atoms with Gasteiger partial charge in [0.15, 0.2) is 0 Å². The van der Waals surface area contributed by atoms with E-state index in [-0.39, 0.29) is 5.91 Å². The van der Waals surface area contributed by atoms with Gasteiger partial charge in [-0.15, -0.1) is 0 Å². The van der Waals surface area contributed by atoms with Gasteiger partial charge >= 0.3 is 0 Å². The summed E-state index contributed by atoms with van der Waals surface area (Å²) in [4.78, 5) is 16.3. The lowest BCUT2D eigenvalue weighted by Crippen LogP contribution is -2.13. The zero-order valence-corrected chi connectivity index (χ0v) is 16.8. The molecule has 1 amide bonds. The third kappa shape index (κ3) is 4.05. The van der Waals surface area contributed by atoms with Gasteiger partial charge in [-0.1, -0.05) is 6.07 Å². The molecule has 3 aromatic rings. The second kappa shape index (κ2) is 8.53. The van der Waals surface area contributed by atoms with Crippen molar-refractivity contribution in [3.05, 3.63) is 53.0 Å². The van der Waals surface area contributed by atoms with E-state index >= 15 is 0 Å². The highest BCUT2D eigenvalue weighted by molar-refractivity contribution is 6.09. The van der Waals surface area contributed by atoms with Crippen LogP contribution in [0.3, 0.4) is 0 Å². The summed E-state index contributed by atoms with van der Waals surface area (Å²) in [5, 5.41) is 10.5. The Kier molecular flexibility index (Phi) is 5.67. The molecule has 152 valence electrons. The Morgan fingerprint density at radius 3 is 3.03 bits per heavy atom. The molecule has 2 aromatic heterocycles. The Bertz CT molecular complexity index is 1010. The number of carbonyl (C=O) groups is 1. The summed E-state index contributed by atoms with van der Waals surface area (Å²) in [7, 11) is 0. The Labute approximate surface area is 169 Å². The molecule has 0 atom stereocenters. The van der Waals surface area contributed by atoms with Gasteiger partial charge in [0.1, 0.15) is 12.4 Å². The molecule has 4 rings (SSSR count). The number of aryl methyl sites for hydroxylation is 2. The fourth-order valence-corrected chi connectivity index (χ4v) is 3.74. The lowest BCUT2D eigenvalue weighted by atomic mass is 10.0. The number of ether oxygens (including phenoxy) is 2. The van der Waals surface area contributed by atoms with Gasteiger partial charge in [0.25, 0.3) is 5.91 Å². The normalized spacial score (nSPS) is 12.8. The maximum atomic E-state index is 13.1. The lowest BCUT2D eigenvalue weighted by molar-refractivity contribution is 0.102. The first kappa shape index (κ1) is 19.3. The molecule has 0 unspecified atom stereocenters. The quantitative estimate of drug-likeness (QED) is 0.531. The molecule has 29 heavy (non-hydrogen) atoms. The van der Waals surface area contributed by atoms with E-state index in [0.717, 1.165) is 41.9 Å². The zero-order valence-electron chi connectivity index (χ0n) is 16.8. The first-order valence-corrected chi connectivity index (χ1v) is 10.0. The molecule has 0 fully saturated rings. The maximum absolute atomic E-state index is 13.1. The van der Waals surface area contributed by atoms with Crippen molar-refractivity contribution in [1.29, 1.82) is 0 Å². The monoisotopic (exact) mass is 394 g/mol. The zero-order chi connectivity index (χ0) is 20.2. The first-order valence-electron chi connectivity index (χ1n) is 10.0. The number of anilines is 1. The number of aromatic amines is 2. The average Bonchev–Trinajstić information content (AvgIpc) is 3.24. The van der Waals surface area contributed by atoms with E-state index in [2.05, 4.69) is 20.5 Å². The van der Waals surface area contributed by atoms with Crippen molar-refractivity contribution in [2.45, 2.75) is 33.1 Å². The van der Waals surface area contributed by atoms with Crippen LogP contribution >= 0.6 is 0 Å². The molecule has 0 saturated heterocycles. The van der Waals surface area contributed by atoms with Crippen LogP contribution < -0.4 is 10.1 Å². The van der Waals surface area contributed by atoms with Crippen LogP contribution in [0.4, 0.5) is 5.69 Å². The fraction of sp³-hybridized carbons (Fsp3) is 0.364. The molecule has 0 aliphatic heterocycles. The predicted octanol–water partition coefficient (Wildman–Crippen LogP) is 3.87. The van der Waals surface area contributed by atoms with Crippen LogP contribution in [0, 0.1) is 6.92 Å². The number of hydrogen-bond acceptors (Lipinski definition) is 4. The summed E-state index contributed by atoms with van der Waals surface area (Å²) < 4.78 is 11.0. The molecule has 0 bridgehead atoms. The van der Waals surface area contributed by atoms with Crippen molar-refractivity contribution in [2.75, 3.05) is 25.1 Å². The first-order chi connectivity index (χ1) is 14.2. The van der Waals surface area contributed by atoms with Crippen molar-refractivity contribution in [2.24, 2.45) is 0 Å². The lowest BCUT2D eigenvalue weighted by Gasteiger charge is -2.10. The molecule has 0 radical (unpaired) electrons. The SMILES string of the molecule is CCOCCOc1cccc(NC(=O)c2c[nH]c3c2-c2n[nH]c(C)c2CCC3)c1. The smallest absolute Gasteiger partial charge is 0.257 e. The summed E-state index contributed by atoms with van der Waals surface area (Å²) in [6, 6.07) is 7.39. The average molecular weight is 394 g/mol. The highest BCUT2D eigenvalue weighted by atomic mass is 16.5. The number of rotatable bonds is 7. The standard InChI is InChI=1S/C22H26N4O3/c1-3-28-10-11-29-16-7-4-6-15(12-16)24-22(27)18-13-23-19-9-5-8-17-14(2)25-26-21(17)20(18)19/h4,6-7,12-13,23H,3,5,8-11H2,1-2H3,(H,24,27)(H,25,26). The number of H-pyrrole nitrogens is 2. The summed E-state index contributed by atoms with van der Waals surface area (Å²) in [6.07, 6.45) is 4.68. The molecule has 7 heteroatoms. The van der Waals surface area contributed by atoms with E-state index in [0.29, 0.717) is 36.8 Å². The van der Waals surface area contributed by atoms with Crippen LogP contribution in [0.15, 0.2) is 30.5 Å². The molecule has 7 nitrogen and oxygen atoms in total. The number of amides is 1. The highest BCUT2D eigenvalue weighted by Gasteiger charge is 2.26. The molecule has 1 aliphatic carbocycles. The second-order valence-corrected chi connectivity index (χ2v) is 7.11. The van der Waals surface area contributed by atoms with E-state index in [4.69, 9.17) is 9.47 Å². The number of aromatic nitrogens is 3. The van der Waals surface area contributed by atoms with Crippen LogP contribution in [-0.2, 0) is 17.6 Å². The van der Waals surface area contributed by atoms with Gasteiger partial charge in [-0.3, -0.25) is 9.89 Å². The van der Waals surface area contributed by atoms with Gasteiger partial charge in [-0.25, -0.2) is 0 Å². The van der Waals surface area contributed by atoms with Gasteiger partial charge in [0, 0.05) is 47.1 Å². The van der Waals surface area contributed by atoms with Crippen molar-refractivity contribution in [3.8, 4) is 17.0 Å². The van der Waals surface area contributed by atoms with Crippen LogP contribution in [0.1, 0.15) is 40.7 Å². The fourth-order valence-electron chi connectivity index (χ4n) is 3.74. The minimum absolute atomic E-state index is 0.164. The number of nitrogens with one attached hydrogen (secondary N) is 3. The summed E-state index contributed by atoms with van der Waals surface area (Å²) in [5.41, 5.74) is 6.41. The van der Waals surface area contributed by atoms with Crippen LogP contribution in [0.2, 0.25) is 0 Å². The molecule has 0 saturated carbocycles. The van der Waals surface area contributed by atoms with Gasteiger partial charge in [0.05, 0.1) is 17.9 Å². The number of benzene rings is 1. The molecular weight excluding hydrogens is 368 g/mol. The van der Waals surface area contributed by atoms with E-state index in [1.165, 1.54) is 5.56 Å². The number of carbonyl (C=O) groups excluding carboxylic acids is 1. The van der Waals surface area contributed by atoms with E-state index < -0.39 is 0 Å². The van der Waals surface area contributed by atoms with Gasteiger partial charge in [-0.2, -0.15) is 5.10 Å². The van der Waals surface area contributed by atoms with Gasteiger partial charge in [0.2, 0.25) is 0 Å². The highest BCUT2D eigenvalue weighted by Crippen LogP contribution is 2.35. The molecule has 1 aliphatic rings.